The number of thiazole rings is 1. The summed E-state index contributed by atoms with van der Waals surface area (Å²) in [5, 5.41) is 16.2. The zero-order valence-electron chi connectivity index (χ0n) is 21.7. The van der Waals surface area contributed by atoms with E-state index in [1.54, 1.807) is 69.3 Å². The number of sulfonamides is 1. The third kappa shape index (κ3) is 6.94. The maximum atomic E-state index is 13.4. The van der Waals surface area contributed by atoms with Gasteiger partial charge in [-0.1, -0.05) is 24.3 Å². The Morgan fingerprint density at radius 1 is 0.975 bits per heavy atom. The largest absolute Gasteiger partial charge is 0.326 e. The van der Waals surface area contributed by atoms with E-state index in [1.807, 2.05) is 0 Å². The van der Waals surface area contributed by atoms with Crippen molar-refractivity contribution < 1.29 is 22.9 Å². The zero-order chi connectivity index (χ0) is 29.1. The molecule has 0 saturated carbocycles. The van der Waals surface area contributed by atoms with Gasteiger partial charge in [-0.2, -0.15) is 0 Å². The molecule has 1 heterocycles. The van der Waals surface area contributed by atoms with Gasteiger partial charge >= 0.3 is 6.03 Å². The van der Waals surface area contributed by atoms with Crippen LogP contribution in [0.5, 0.6) is 0 Å². The number of hydrogen-bond acceptors (Lipinski definition) is 8. The fourth-order valence-electron chi connectivity index (χ4n) is 3.67. The van der Waals surface area contributed by atoms with Gasteiger partial charge < -0.3 is 5.32 Å². The SMILES string of the molecule is CC(C)(C)NS(=O)(=O)c1cc(NC(=O)NC(=O)c2ccccc2)ccc1-c1cnc(-c2ccc([N+](=O)[O-])cc2)s1. The molecular formula is C27H25N5O6S2. The molecule has 4 rings (SSSR count). The first-order valence-corrected chi connectivity index (χ1v) is 14.2. The first-order valence-electron chi connectivity index (χ1n) is 11.9. The van der Waals surface area contributed by atoms with Crippen LogP contribution in [0.4, 0.5) is 16.2 Å². The number of nitrogens with one attached hydrogen (secondary N) is 3. The smallest absolute Gasteiger partial charge is 0.308 e. The van der Waals surface area contributed by atoms with Gasteiger partial charge in [0, 0.05) is 46.2 Å². The number of urea groups is 1. The maximum Gasteiger partial charge on any atom is 0.326 e. The second-order valence-electron chi connectivity index (χ2n) is 9.67. The standard InChI is InChI=1S/C27H25N5O6S2/c1-27(2,3)31-40(37,38)23-15-19(29-26(34)30-24(33)17-7-5-4-6-8-17)11-14-21(23)22-16-28-25(39-22)18-9-12-20(13-10-18)32(35)36/h4-16,31H,1-3H3,(H2,29,30,33,34). The Bertz CT molecular complexity index is 1680. The maximum absolute atomic E-state index is 13.4. The third-order valence-electron chi connectivity index (χ3n) is 5.33. The highest BCUT2D eigenvalue weighted by Crippen LogP contribution is 2.37. The Morgan fingerprint density at radius 3 is 2.27 bits per heavy atom. The molecule has 11 nitrogen and oxygen atoms in total. The van der Waals surface area contributed by atoms with Crippen molar-refractivity contribution in [1.29, 1.82) is 0 Å². The molecule has 13 heteroatoms. The molecule has 0 bridgehead atoms. The summed E-state index contributed by atoms with van der Waals surface area (Å²) in [4.78, 5) is 40.1. The van der Waals surface area contributed by atoms with Crippen LogP contribution in [0.15, 0.2) is 83.9 Å². The summed E-state index contributed by atoms with van der Waals surface area (Å²) in [5.74, 6) is -0.611. The molecule has 0 aliphatic heterocycles. The first kappa shape index (κ1) is 28.5. The number of benzene rings is 3. The molecule has 0 aliphatic carbocycles. The van der Waals surface area contributed by atoms with E-state index < -0.39 is 32.4 Å². The monoisotopic (exact) mass is 579 g/mol. The molecule has 0 atom stereocenters. The molecule has 3 N–H and O–H groups in total. The Labute approximate surface area is 234 Å². The van der Waals surface area contributed by atoms with Gasteiger partial charge in [0.1, 0.15) is 5.01 Å². The van der Waals surface area contributed by atoms with Gasteiger partial charge in [-0.3, -0.25) is 20.2 Å². The quantitative estimate of drug-likeness (QED) is 0.194. The van der Waals surface area contributed by atoms with Gasteiger partial charge in [0.25, 0.3) is 11.6 Å². The number of imide groups is 1. The lowest BCUT2D eigenvalue weighted by atomic mass is 10.1. The van der Waals surface area contributed by atoms with Crippen LogP contribution < -0.4 is 15.4 Å². The van der Waals surface area contributed by atoms with Gasteiger partial charge in [0.15, 0.2) is 0 Å². The number of amides is 3. The highest BCUT2D eigenvalue weighted by atomic mass is 32.2. The van der Waals surface area contributed by atoms with E-state index >= 15 is 0 Å². The molecule has 1 aromatic heterocycles. The van der Waals surface area contributed by atoms with Crippen molar-refractivity contribution in [1.82, 2.24) is 15.0 Å². The van der Waals surface area contributed by atoms with Gasteiger partial charge in [0.2, 0.25) is 10.0 Å². The summed E-state index contributed by atoms with van der Waals surface area (Å²) >= 11 is 1.21. The van der Waals surface area contributed by atoms with Gasteiger partial charge in [-0.15, -0.1) is 11.3 Å². The summed E-state index contributed by atoms with van der Waals surface area (Å²) in [6, 6.07) is 17.6. The average molecular weight is 580 g/mol. The number of anilines is 1. The third-order valence-corrected chi connectivity index (χ3v) is 8.21. The molecule has 3 amide bonds. The number of non-ortho nitro benzene ring substituents is 1. The minimum absolute atomic E-state index is 0.0558. The minimum atomic E-state index is -4.08. The summed E-state index contributed by atoms with van der Waals surface area (Å²) < 4.78 is 29.5. The second kappa shape index (κ2) is 11.3. The fraction of sp³-hybridized carbons (Fsp3) is 0.148. The van der Waals surface area contributed by atoms with Crippen LogP contribution in [-0.4, -0.2) is 35.8 Å². The predicted molar refractivity (Wildman–Crippen MR) is 153 cm³/mol. The molecule has 0 unspecified atom stereocenters. The second-order valence-corrected chi connectivity index (χ2v) is 12.4. The van der Waals surface area contributed by atoms with Crippen molar-refractivity contribution in [3.05, 3.63) is 94.7 Å². The van der Waals surface area contributed by atoms with Crippen molar-refractivity contribution >= 4 is 44.7 Å². The van der Waals surface area contributed by atoms with Gasteiger partial charge in [0.05, 0.1) is 14.7 Å². The highest BCUT2D eigenvalue weighted by Gasteiger charge is 2.27. The Morgan fingerprint density at radius 2 is 1.65 bits per heavy atom. The van der Waals surface area contributed by atoms with Crippen LogP contribution in [-0.2, 0) is 10.0 Å². The molecule has 40 heavy (non-hydrogen) atoms. The molecule has 0 fully saturated rings. The molecule has 0 radical (unpaired) electrons. The van der Waals surface area contributed by atoms with Gasteiger partial charge in [-0.25, -0.2) is 22.9 Å². The lowest BCUT2D eigenvalue weighted by molar-refractivity contribution is -0.384. The number of hydrogen-bond donors (Lipinski definition) is 3. The van der Waals surface area contributed by atoms with E-state index in [0.717, 1.165) is 0 Å². The molecule has 0 saturated heterocycles. The first-order chi connectivity index (χ1) is 18.8. The van der Waals surface area contributed by atoms with E-state index in [9.17, 15) is 28.1 Å². The number of rotatable bonds is 7. The van der Waals surface area contributed by atoms with Crippen LogP contribution in [0, 0.1) is 10.1 Å². The predicted octanol–water partition coefficient (Wildman–Crippen LogP) is 5.42. The molecule has 0 aliphatic rings. The number of nitrogens with zero attached hydrogens (tertiary/aromatic N) is 2. The van der Waals surface area contributed by atoms with Crippen LogP contribution >= 0.6 is 11.3 Å². The number of carbonyl (C=O) groups is 2. The topological polar surface area (TPSA) is 160 Å². The Hall–Kier alpha value is -4.46. The highest BCUT2D eigenvalue weighted by molar-refractivity contribution is 7.89. The summed E-state index contributed by atoms with van der Waals surface area (Å²) in [6.07, 6.45) is 1.52. The van der Waals surface area contributed by atoms with E-state index in [1.165, 1.54) is 41.8 Å². The number of nitro benzene ring substituents is 1. The van der Waals surface area contributed by atoms with E-state index in [0.29, 0.717) is 26.6 Å². The Kier molecular flexibility index (Phi) is 8.09. The molecule has 206 valence electrons. The molecule has 0 spiro atoms. The van der Waals surface area contributed by atoms with Crippen molar-refractivity contribution in [2.75, 3.05) is 5.32 Å². The van der Waals surface area contributed by atoms with E-state index in [2.05, 4.69) is 20.3 Å². The molecular weight excluding hydrogens is 554 g/mol. The van der Waals surface area contributed by atoms with Crippen LogP contribution in [0.2, 0.25) is 0 Å². The zero-order valence-corrected chi connectivity index (χ0v) is 23.3. The molecule has 3 aromatic carbocycles. The van der Waals surface area contributed by atoms with E-state index in [4.69, 9.17) is 0 Å². The lowest BCUT2D eigenvalue weighted by Gasteiger charge is -2.22. The summed E-state index contributed by atoms with van der Waals surface area (Å²) in [5.41, 5.74) is 0.568. The number of carbonyl (C=O) groups excluding carboxylic acids is 2. The Balaban J connectivity index is 1.66. The lowest BCUT2D eigenvalue weighted by Crippen LogP contribution is -2.40. The number of aromatic nitrogens is 1. The van der Waals surface area contributed by atoms with Crippen LogP contribution in [0.3, 0.4) is 0 Å². The average Bonchev–Trinajstić information content (AvgIpc) is 3.38. The summed E-state index contributed by atoms with van der Waals surface area (Å²) in [6.45, 7) is 5.11. The van der Waals surface area contributed by atoms with Gasteiger partial charge in [-0.05, 0) is 57.2 Å². The normalized spacial score (nSPS) is 11.6. The van der Waals surface area contributed by atoms with E-state index in [-0.39, 0.29) is 16.3 Å². The van der Waals surface area contributed by atoms with Crippen molar-refractivity contribution in [3.63, 3.8) is 0 Å². The van der Waals surface area contributed by atoms with Crippen molar-refractivity contribution in [2.45, 2.75) is 31.2 Å². The van der Waals surface area contributed by atoms with Crippen LogP contribution in [0.25, 0.3) is 21.0 Å². The minimum Gasteiger partial charge on any atom is -0.308 e. The van der Waals surface area contributed by atoms with Crippen LogP contribution in [0.1, 0.15) is 31.1 Å². The summed E-state index contributed by atoms with van der Waals surface area (Å²) in [7, 11) is -4.08. The fourth-order valence-corrected chi connectivity index (χ4v) is 6.36. The number of nitro groups is 1. The van der Waals surface area contributed by atoms with Crippen molar-refractivity contribution in [2.24, 2.45) is 0 Å². The molecule has 4 aromatic rings. The van der Waals surface area contributed by atoms with Crippen molar-refractivity contribution in [3.8, 4) is 21.0 Å².